The molecule has 28 heavy (non-hydrogen) atoms. The zero-order valence-corrected chi connectivity index (χ0v) is 18.2. The third-order valence-corrected chi connectivity index (χ3v) is 6.40. The highest BCUT2D eigenvalue weighted by Gasteiger charge is 2.31. The first-order valence-corrected chi connectivity index (χ1v) is 10.7. The molecular weight excluding hydrogens is 396 g/mol. The fraction of sp³-hybridized carbons (Fsp3) is 0.476. The van der Waals surface area contributed by atoms with E-state index in [1.165, 1.54) is 4.88 Å². The molecule has 1 fully saturated rings. The molecule has 1 aromatic heterocycles. The Kier molecular flexibility index (Phi) is 7.21. The van der Waals surface area contributed by atoms with Crippen LogP contribution in [0.4, 0.5) is 0 Å². The second-order valence-corrected chi connectivity index (χ2v) is 8.67. The van der Waals surface area contributed by atoms with Crippen LogP contribution in [0.2, 0.25) is 4.34 Å². The summed E-state index contributed by atoms with van der Waals surface area (Å²) in [7, 11) is 3.26. The van der Waals surface area contributed by atoms with Gasteiger partial charge in [-0.1, -0.05) is 24.6 Å². The number of thiophene rings is 1. The average Bonchev–Trinajstić information content (AvgIpc) is 3.35. The Bertz CT molecular complexity index is 811. The molecule has 1 unspecified atom stereocenters. The zero-order chi connectivity index (χ0) is 20.1. The first-order chi connectivity index (χ1) is 13.5. The van der Waals surface area contributed by atoms with Crippen molar-refractivity contribution in [2.45, 2.75) is 32.4 Å². The lowest BCUT2D eigenvalue weighted by Crippen LogP contribution is -2.39. The third-order valence-electron chi connectivity index (χ3n) is 5.18. The number of likely N-dealkylation sites (N-methyl/N-ethyl adjacent to an activating group) is 1. The van der Waals surface area contributed by atoms with Crippen molar-refractivity contribution in [2.24, 2.45) is 0 Å². The Hall–Kier alpha value is -1.76. The van der Waals surface area contributed by atoms with Gasteiger partial charge in [-0.3, -0.25) is 9.69 Å². The third kappa shape index (κ3) is 4.80. The number of hydrogen-bond acceptors (Lipinski definition) is 5. The van der Waals surface area contributed by atoms with Gasteiger partial charge in [0, 0.05) is 18.0 Å². The number of benzene rings is 1. The number of rotatable bonds is 8. The molecule has 1 amide bonds. The van der Waals surface area contributed by atoms with E-state index in [0.717, 1.165) is 42.4 Å². The van der Waals surface area contributed by atoms with Gasteiger partial charge >= 0.3 is 0 Å². The highest BCUT2D eigenvalue weighted by atomic mass is 35.5. The summed E-state index contributed by atoms with van der Waals surface area (Å²) >= 11 is 7.60. The number of carbonyl (C=O) groups is 1. The molecule has 1 saturated heterocycles. The maximum absolute atomic E-state index is 13.1. The van der Waals surface area contributed by atoms with E-state index >= 15 is 0 Å². The van der Waals surface area contributed by atoms with Gasteiger partial charge in [0.2, 0.25) is 5.91 Å². The summed E-state index contributed by atoms with van der Waals surface area (Å²) < 4.78 is 11.6. The van der Waals surface area contributed by atoms with Crippen LogP contribution < -0.4 is 9.47 Å². The van der Waals surface area contributed by atoms with Crippen molar-refractivity contribution in [3.05, 3.63) is 45.1 Å². The van der Waals surface area contributed by atoms with Gasteiger partial charge in [0.05, 0.1) is 31.1 Å². The first-order valence-electron chi connectivity index (χ1n) is 9.53. The molecule has 5 nitrogen and oxygen atoms in total. The Morgan fingerprint density at radius 2 is 2.04 bits per heavy atom. The zero-order valence-electron chi connectivity index (χ0n) is 16.6. The van der Waals surface area contributed by atoms with Crippen LogP contribution in [0.3, 0.4) is 0 Å². The molecular formula is C21H27ClN2O3S. The molecule has 1 atom stereocenters. The number of ether oxygens (including phenoxy) is 2. The van der Waals surface area contributed by atoms with Crippen molar-refractivity contribution in [3.63, 3.8) is 0 Å². The number of hydrogen-bond donors (Lipinski definition) is 0. The standard InChI is InChI=1S/C21H27ClN2O3S/c1-4-23(13-16-8-10-20(22)28-16)14-21(25)24-11-5-6-17(24)15-7-9-18(26-2)19(12-15)27-3/h7-10,12,17H,4-6,11,13-14H2,1-3H3. The molecule has 152 valence electrons. The second-order valence-electron chi connectivity index (χ2n) is 6.87. The van der Waals surface area contributed by atoms with Crippen molar-refractivity contribution in [2.75, 3.05) is 33.9 Å². The molecule has 0 aliphatic carbocycles. The molecule has 2 heterocycles. The maximum Gasteiger partial charge on any atom is 0.237 e. The van der Waals surface area contributed by atoms with Crippen molar-refractivity contribution in [3.8, 4) is 11.5 Å². The van der Waals surface area contributed by atoms with Crippen LogP contribution in [-0.2, 0) is 11.3 Å². The number of carbonyl (C=O) groups excluding carboxylic acids is 1. The Labute approximate surface area is 175 Å². The summed E-state index contributed by atoms with van der Waals surface area (Å²) in [6, 6.07) is 9.95. The molecule has 0 saturated carbocycles. The molecule has 1 aromatic carbocycles. The van der Waals surface area contributed by atoms with Gasteiger partial charge in [0.25, 0.3) is 0 Å². The molecule has 0 spiro atoms. The second kappa shape index (κ2) is 9.63. The van der Waals surface area contributed by atoms with Crippen molar-refractivity contribution < 1.29 is 14.3 Å². The van der Waals surface area contributed by atoms with E-state index in [0.29, 0.717) is 18.0 Å². The van der Waals surface area contributed by atoms with Gasteiger partial charge in [-0.15, -0.1) is 11.3 Å². The van der Waals surface area contributed by atoms with Gasteiger partial charge in [0.1, 0.15) is 0 Å². The minimum atomic E-state index is 0.0854. The SMILES string of the molecule is CCN(CC(=O)N1CCCC1c1ccc(OC)c(OC)c1)Cc1ccc(Cl)s1. The lowest BCUT2D eigenvalue weighted by Gasteiger charge is -2.28. The molecule has 0 bridgehead atoms. The van der Waals surface area contributed by atoms with Crippen LogP contribution in [0.25, 0.3) is 0 Å². The van der Waals surface area contributed by atoms with Crippen LogP contribution in [0.15, 0.2) is 30.3 Å². The number of amides is 1. The quantitative estimate of drug-likeness (QED) is 0.623. The predicted molar refractivity (Wildman–Crippen MR) is 114 cm³/mol. The van der Waals surface area contributed by atoms with Gasteiger partial charge in [-0.2, -0.15) is 0 Å². The number of methoxy groups -OCH3 is 2. The van der Waals surface area contributed by atoms with Crippen LogP contribution in [0.1, 0.15) is 36.2 Å². The lowest BCUT2D eigenvalue weighted by atomic mass is 10.0. The average molecular weight is 423 g/mol. The summed E-state index contributed by atoms with van der Waals surface area (Å²) in [4.78, 5) is 18.4. The van der Waals surface area contributed by atoms with Gasteiger partial charge in [-0.25, -0.2) is 0 Å². The summed E-state index contributed by atoms with van der Waals surface area (Å²) in [5, 5.41) is 0. The Morgan fingerprint density at radius 1 is 1.25 bits per heavy atom. The van der Waals surface area contributed by atoms with Gasteiger partial charge in [0.15, 0.2) is 11.5 Å². The molecule has 2 aromatic rings. The Balaban J connectivity index is 1.70. The van der Waals surface area contributed by atoms with E-state index in [1.54, 1.807) is 25.6 Å². The Morgan fingerprint density at radius 3 is 2.68 bits per heavy atom. The fourth-order valence-corrected chi connectivity index (χ4v) is 4.82. The summed E-state index contributed by atoms with van der Waals surface area (Å²) in [5.41, 5.74) is 1.09. The number of likely N-dealkylation sites (tertiary alicyclic amines) is 1. The van der Waals surface area contributed by atoms with Crippen LogP contribution in [0.5, 0.6) is 11.5 Å². The van der Waals surface area contributed by atoms with Crippen molar-refractivity contribution >= 4 is 28.8 Å². The van der Waals surface area contributed by atoms with E-state index in [2.05, 4.69) is 11.8 Å². The number of nitrogens with zero attached hydrogens (tertiary/aromatic N) is 2. The van der Waals surface area contributed by atoms with E-state index in [4.69, 9.17) is 21.1 Å². The molecule has 0 N–H and O–H groups in total. The van der Waals surface area contributed by atoms with Crippen molar-refractivity contribution in [1.29, 1.82) is 0 Å². The lowest BCUT2D eigenvalue weighted by molar-refractivity contribution is -0.133. The molecule has 0 radical (unpaired) electrons. The normalized spacial score (nSPS) is 16.6. The first kappa shape index (κ1) is 21.0. The molecule has 1 aliphatic heterocycles. The van der Waals surface area contributed by atoms with Crippen LogP contribution in [-0.4, -0.2) is 49.6 Å². The highest BCUT2D eigenvalue weighted by Crippen LogP contribution is 2.37. The number of halogens is 1. The van der Waals surface area contributed by atoms with Crippen molar-refractivity contribution in [1.82, 2.24) is 9.80 Å². The van der Waals surface area contributed by atoms with E-state index in [9.17, 15) is 4.79 Å². The molecule has 1 aliphatic rings. The maximum atomic E-state index is 13.1. The minimum Gasteiger partial charge on any atom is -0.493 e. The highest BCUT2D eigenvalue weighted by molar-refractivity contribution is 7.16. The summed E-state index contributed by atoms with van der Waals surface area (Å²) in [5.74, 6) is 1.57. The summed E-state index contributed by atoms with van der Waals surface area (Å²) in [6.45, 7) is 4.85. The smallest absolute Gasteiger partial charge is 0.237 e. The van der Waals surface area contributed by atoms with Gasteiger partial charge < -0.3 is 14.4 Å². The summed E-state index contributed by atoms with van der Waals surface area (Å²) in [6.07, 6.45) is 1.98. The molecule has 7 heteroatoms. The van der Waals surface area contributed by atoms with Crippen LogP contribution in [0, 0.1) is 0 Å². The fourth-order valence-electron chi connectivity index (χ4n) is 3.69. The van der Waals surface area contributed by atoms with Gasteiger partial charge in [-0.05, 0) is 49.2 Å². The van der Waals surface area contributed by atoms with Crippen LogP contribution >= 0.6 is 22.9 Å². The monoisotopic (exact) mass is 422 g/mol. The van der Waals surface area contributed by atoms with E-state index in [1.807, 2.05) is 35.2 Å². The minimum absolute atomic E-state index is 0.0854. The van der Waals surface area contributed by atoms with E-state index < -0.39 is 0 Å². The topological polar surface area (TPSA) is 42.0 Å². The predicted octanol–water partition coefficient (Wildman–Crippen LogP) is 4.60. The molecule has 3 rings (SSSR count). The van der Waals surface area contributed by atoms with E-state index in [-0.39, 0.29) is 11.9 Å². The largest absolute Gasteiger partial charge is 0.493 e.